The Kier molecular flexibility index (Phi) is 24.3. The Hall–Kier alpha value is -5.62. The molecule has 0 radical (unpaired) electrons. The molecule has 3 atom stereocenters. The zero-order valence-corrected chi connectivity index (χ0v) is 48.8. The third-order valence-electron chi connectivity index (χ3n) is 14.1. The summed E-state index contributed by atoms with van der Waals surface area (Å²) in [5, 5.41) is 8.96. The Bertz CT molecular complexity index is 2480. The van der Waals surface area contributed by atoms with Gasteiger partial charge in [0.2, 0.25) is 0 Å². The van der Waals surface area contributed by atoms with Crippen LogP contribution in [0.5, 0.6) is 0 Å². The number of nitrogens with zero attached hydrogens (tertiary/aromatic N) is 1. The lowest BCUT2D eigenvalue weighted by Gasteiger charge is -2.33. The largest absolute Gasteiger partial charge is 0.470 e. The second-order valence-corrected chi connectivity index (χ2v) is 23.6. The molecule has 2 N–H and O–H groups in total. The van der Waals surface area contributed by atoms with Gasteiger partial charge in [-0.25, -0.2) is 0 Å². The molecule has 1 aliphatic rings. The van der Waals surface area contributed by atoms with Gasteiger partial charge < -0.3 is 24.7 Å². The van der Waals surface area contributed by atoms with Crippen molar-refractivity contribution in [3.8, 4) is 0 Å². The molecule has 2 heterocycles. The first-order valence-corrected chi connectivity index (χ1v) is 27.3. The maximum Gasteiger partial charge on any atom is 0.279 e. The number of benzene rings is 1. The number of hydrogen-bond donors (Lipinski definition) is 2. The highest BCUT2D eigenvalue weighted by Gasteiger charge is 2.30. The summed E-state index contributed by atoms with van der Waals surface area (Å²) in [4.78, 5) is 2.12. The number of furan rings is 1. The normalized spacial score (nSPS) is 18.6. The molecular formula is C67H98BN3O2. The molecule has 73 heavy (non-hydrogen) atoms. The monoisotopic (exact) mass is 988 g/mol. The van der Waals surface area contributed by atoms with Crippen molar-refractivity contribution in [2.24, 2.45) is 40.4 Å². The SMILES string of the molecule is C=C/C1=C(\C=C)N(/C(C)=C/C(NC/C=C(\C(=C/CC)C(C)(C)C)C(C)(C)C)=C(\CN/C=C/CC(C=C)C(C)C)B(/C=C/CC(C(=C)C(C)CC)C(C)C)c2cc3cc(C(C)(C)C)ccc3o2)/C=C/C=C\C=C\O1. The molecule has 6 heteroatoms. The topological polar surface area (TPSA) is 49.7 Å². The summed E-state index contributed by atoms with van der Waals surface area (Å²) >= 11 is 0. The van der Waals surface area contributed by atoms with Crippen LogP contribution in [0.1, 0.15) is 149 Å². The molecule has 5 nitrogen and oxygen atoms in total. The van der Waals surface area contributed by atoms with E-state index in [-0.39, 0.29) is 23.0 Å². The third kappa shape index (κ3) is 18.4. The van der Waals surface area contributed by atoms with E-state index in [1.54, 1.807) is 12.3 Å². The fraction of sp³-hybridized carbons (Fsp3) is 0.463. The van der Waals surface area contributed by atoms with Crippen molar-refractivity contribution in [3.63, 3.8) is 0 Å². The lowest BCUT2D eigenvalue weighted by atomic mass is 9.41. The number of rotatable bonds is 25. The van der Waals surface area contributed by atoms with Crippen LogP contribution in [-0.4, -0.2) is 24.7 Å². The molecule has 0 spiro atoms. The highest BCUT2D eigenvalue weighted by Crippen LogP contribution is 2.41. The van der Waals surface area contributed by atoms with Gasteiger partial charge in [-0.15, -0.1) is 12.6 Å². The quantitative estimate of drug-likeness (QED) is 0.0590. The van der Waals surface area contributed by atoms with Gasteiger partial charge in [0.25, 0.3) is 6.71 Å². The lowest BCUT2D eigenvalue weighted by Crippen LogP contribution is -2.37. The number of allylic oxidation sites excluding steroid dienone is 15. The van der Waals surface area contributed by atoms with Crippen molar-refractivity contribution in [1.29, 1.82) is 0 Å². The van der Waals surface area contributed by atoms with Gasteiger partial charge in [0, 0.05) is 36.1 Å². The Labute approximate surface area is 447 Å². The fourth-order valence-corrected chi connectivity index (χ4v) is 9.38. The van der Waals surface area contributed by atoms with Crippen LogP contribution in [-0.2, 0) is 10.2 Å². The summed E-state index contributed by atoms with van der Waals surface area (Å²) in [6.45, 7) is 56.9. The van der Waals surface area contributed by atoms with E-state index in [1.165, 1.54) is 22.3 Å². The van der Waals surface area contributed by atoms with Crippen LogP contribution in [0, 0.1) is 40.4 Å². The molecule has 1 aromatic carbocycles. The minimum atomic E-state index is -0.264. The van der Waals surface area contributed by atoms with Crippen molar-refractivity contribution in [3.05, 3.63) is 199 Å². The minimum absolute atomic E-state index is 0.0193. The Morgan fingerprint density at radius 2 is 1.48 bits per heavy atom. The molecule has 3 unspecified atom stereocenters. The predicted molar refractivity (Wildman–Crippen MR) is 323 cm³/mol. The van der Waals surface area contributed by atoms with Gasteiger partial charge in [0.15, 0.2) is 0 Å². The molecule has 1 aromatic heterocycles. The number of nitrogens with one attached hydrogen (secondary N) is 2. The predicted octanol–water partition coefficient (Wildman–Crippen LogP) is 17.9. The maximum atomic E-state index is 7.05. The number of ether oxygens (including phenoxy) is 1. The molecule has 0 aliphatic carbocycles. The second kappa shape index (κ2) is 28.7. The first-order chi connectivity index (χ1) is 34.3. The van der Waals surface area contributed by atoms with E-state index in [0.29, 0.717) is 48.4 Å². The number of fused-ring (bicyclic) bond motifs is 1. The zero-order valence-electron chi connectivity index (χ0n) is 48.8. The van der Waals surface area contributed by atoms with E-state index in [9.17, 15) is 0 Å². The van der Waals surface area contributed by atoms with E-state index in [1.807, 2.05) is 30.4 Å². The van der Waals surface area contributed by atoms with Gasteiger partial charge in [-0.05, 0) is 155 Å². The summed E-state index contributed by atoms with van der Waals surface area (Å²) in [7, 11) is 0. The molecule has 0 fully saturated rings. The summed E-state index contributed by atoms with van der Waals surface area (Å²) in [5.74, 6) is 5.05. The highest BCUT2D eigenvalue weighted by molar-refractivity contribution is 6.83. The fourth-order valence-electron chi connectivity index (χ4n) is 9.38. The first kappa shape index (κ1) is 61.7. The summed E-state index contributed by atoms with van der Waals surface area (Å²) < 4.78 is 13.2. The Morgan fingerprint density at radius 3 is 2.05 bits per heavy atom. The van der Waals surface area contributed by atoms with Crippen molar-refractivity contribution < 1.29 is 9.15 Å². The summed E-state index contributed by atoms with van der Waals surface area (Å²) in [6, 6.07) is 8.92. The molecule has 1 aliphatic heterocycles. The molecule has 2 aromatic rings. The average molecular weight is 988 g/mol. The Morgan fingerprint density at radius 1 is 0.808 bits per heavy atom. The highest BCUT2D eigenvalue weighted by atomic mass is 16.5. The van der Waals surface area contributed by atoms with E-state index in [2.05, 4.69) is 239 Å². The van der Waals surface area contributed by atoms with Gasteiger partial charge in [-0.2, -0.15) is 0 Å². The minimum Gasteiger partial charge on any atom is -0.470 e. The molecule has 3 rings (SSSR count). The Balaban J connectivity index is 2.62. The van der Waals surface area contributed by atoms with Crippen molar-refractivity contribution in [1.82, 2.24) is 15.5 Å². The van der Waals surface area contributed by atoms with Crippen LogP contribution in [0.2, 0.25) is 0 Å². The average Bonchev–Trinajstić information content (AvgIpc) is 3.75. The standard InChI is InChI=1S/C67H98BN3O2/c1-22-33-57(66(16,17)18)58(67(19,20)21)38-41-70-60(44-51(11)71-42-29-27-28-30-43-72-62(26-5)61(71)25-4)59(47-69-40-32-34-53(24-3)48(6)7)68(39-31-35-56(49(8)9)52(12)50(10)23-2)64-46-54-45-55(65(13,14)15)36-37-63(54)73-64/h24-33,36-40,42-46,48-50,53,56,69-70H,3-5,12,22-23,34-35,41,47H2,1-2,6-11,13-21H3/b28-27-,39-31+,40-32+,42-29+,43-30+,51-44+,57-33+,58-38+,60-59-,62-61-. The van der Waals surface area contributed by atoms with Crippen LogP contribution in [0.15, 0.2) is 198 Å². The van der Waals surface area contributed by atoms with Gasteiger partial charge in [-0.3, -0.25) is 0 Å². The lowest BCUT2D eigenvalue weighted by molar-refractivity contribution is 0.350. The van der Waals surface area contributed by atoms with Crippen molar-refractivity contribution in [2.75, 3.05) is 13.1 Å². The van der Waals surface area contributed by atoms with Crippen LogP contribution in [0.3, 0.4) is 0 Å². The smallest absolute Gasteiger partial charge is 0.279 e. The van der Waals surface area contributed by atoms with Crippen LogP contribution in [0.25, 0.3) is 11.0 Å². The summed E-state index contributed by atoms with van der Waals surface area (Å²) in [5.41, 5.74) is 10.7. The van der Waals surface area contributed by atoms with Gasteiger partial charge >= 0.3 is 0 Å². The maximum absolute atomic E-state index is 7.05. The molecule has 0 saturated carbocycles. The summed E-state index contributed by atoms with van der Waals surface area (Å²) in [6.07, 6.45) is 34.9. The molecule has 0 saturated heterocycles. The molecular weight excluding hydrogens is 890 g/mol. The van der Waals surface area contributed by atoms with E-state index >= 15 is 0 Å². The molecule has 0 bridgehead atoms. The van der Waals surface area contributed by atoms with Crippen LogP contribution >= 0.6 is 0 Å². The van der Waals surface area contributed by atoms with Crippen LogP contribution < -0.4 is 16.3 Å². The molecule has 0 amide bonds. The van der Waals surface area contributed by atoms with E-state index in [4.69, 9.17) is 9.15 Å². The van der Waals surface area contributed by atoms with Gasteiger partial charge in [-0.1, -0.05) is 185 Å². The van der Waals surface area contributed by atoms with Crippen molar-refractivity contribution in [2.45, 2.75) is 149 Å². The van der Waals surface area contributed by atoms with E-state index in [0.717, 1.165) is 64.9 Å². The second-order valence-electron chi connectivity index (χ2n) is 23.6. The van der Waals surface area contributed by atoms with Gasteiger partial charge in [0.05, 0.1) is 17.6 Å². The van der Waals surface area contributed by atoms with Gasteiger partial charge in [0.1, 0.15) is 11.3 Å². The zero-order chi connectivity index (χ0) is 54.7. The van der Waals surface area contributed by atoms with E-state index < -0.39 is 0 Å². The number of hydrogen-bond acceptors (Lipinski definition) is 5. The first-order valence-electron chi connectivity index (χ1n) is 27.3. The molecule has 396 valence electrons. The third-order valence-corrected chi connectivity index (χ3v) is 14.1. The van der Waals surface area contributed by atoms with Crippen LogP contribution in [0.4, 0.5) is 0 Å². The van der Waals surface area contributed by atoms with Crippen molar-refractivity contribution >= 4 is 23.3 Å².